The fourth-order valence-electron chi connectivity index (χ4n) is 4.50. The normalized spacial score (nSPS) is 27.7. The van der Waals surface area contributed by atoms with Crippen molar-refractivity contribution in [2.45, 2.75) is 69.9 Å². The first-order valence-corrected chi connectivity index (χ1v) is 8.91. The maximum Gasteiger partial charge on any atom is 0.573 e. The number of ether oxygens (including phenoxy) is 2. The summed E-state index contributed by atoms with van der Waals surface area (Å²) in [4.78, 5) is 10.7. The predicted molar refractivity (Wildman–Crippen MR) is 87.6 cm³/mol. The maximum atomic E-state index is 12.5. The molecular formula is C19H23F3O4. The third kappa shape index (κ3) is 4.50. The summed E-state index contributed by atoms with van der Waals surface area (Å²) >= 11 is 0. The van der Waals surface area contributed by atoms with Gasteiger partial charge in [-0.05, 0) is 56.4 Å². The lowest BCUT2D eigenvalue weighted by molar-refractivity contribution is -0.275. The van der Waals surface area contributed by atoms with Crippen LogP contribution >= 0.6 is 0 Å². The smallest absolute Gasteiger partial charge is 0.481 e. The summed E-state index contributed by atoms with van der Waals surface area (Å²) in [5.74, 6) is -0.999. The van der Waals surface area contributed by atoms with Crippen LogP contribution in [0.25, 0.3) is 0 Å². The van der Waals surface area contributed by atoms with Crippen molar-refractivity contribution in [3.05, 3.63) is 29.8 Å². The summed E-state index contributed by atoms with van der Waals surface area (Å²) in [7, 11) is 0. The standard InChI is InChI=1S/C19H23F3O4/c20-19(21,22)26-15-5-2-1-4-14(15)12-25-18-10-8-17(13-18,9-11-18)7-3-6-16(23)24/h1-2,4-5H,3,6-13H2,(H,23,24). The van der Waals surface area contributed by atoms with Gasteiger partial charge in [-0.15, -0.1) is 13.2 Å². The Hall–Kier alpha value is -1.76. The van der Waals surface area contributed by atoms with Gasteiger partial charge in [-0.2, -0.15) is 0 Å². The average Bonchev–Trinajstić information content (AvgIpc) is 3.09. The van der Waals surface area contributed by atoms with Crippen molar-refractivity contribution >= 4 is 5.97 Å². The van der Waals surface area contributed by atoms with Crippen LogP contribution in [0.1, 0.15) is 56.9 Å². The predicted octanol–water partition coefficient (Wildman–Crippen LogP) is 5.06. The zero-order valence-electron chi connectivity index (χ0n) is 14.5. The first-order valence-electron chi connectivity index (χ1n) is 8.91. The summed E-state index contributed by atoms with van der Waals surface area (Å²) in [6, 6.07) is 6.05. The largest absolute Gasteiger partial charge is 0.573 e. The van der Waals surface area contributed by atoms with Gasteiger partial charge in [0.05, 0.1) is 12.2 Å². The van der Waals surface area contributed by atoms with Gasteiger partial charge in [0.15, 0.2) is 0 Å². The number of carboxylic acids is 1. The molecule has 144 valence electrons. The van der Waals surface area contributed by atoms with Crippen molar-refractivity contribution in [2.75, 3.05) is 0 Å². The molecule has 0 radical (unpaired) electrons. The van der Waals surface area contributed by atoms with E-state index < -0.39 is 12.3 Å². The zero-order chi connectivity index (χ0) is 18.8. The van der Waals surface area contributed by atoms with Gasteiger partial charge in [0.1, 0.15) is 5.75 Å². The number of benzene rings is 1. The van der Waals surface area contributed by atoms with E-state index in [1.807, 2.05) is 0 Å². The highest BCUT2D eigenvalue weighted by Gasteiger charge is 2.54. The molecule has 4 nitrogen and oxygen atoms in total. The molecule has 26 heavy (non-hydrogen) atoms. The SMILES string of the molecule is O=C(O)CCCC12CCC(OCc3ccccc3OC(F)(F)F)(CC1)C2. The quantitative estimate of drug-likeness (QED) is 0.693. The Morgan fingerprint density at radius 1 is 1.15 bits per heavy atom. The molecule has 2 aliphatic carbocycles. The number of fused-ring (bicyclic) bond motifs is 2. The molecule has 0 atom stereocenters. The van der Waals surface area contributed by atoms with E-state index in [9.17, 15) is 18.0 Å². The number of para-hydroxylation sites is 1. The molecule has 0 amide bonds. The Labute approximate surface area is 150 Å². The van der Waals surface area contributed by atoms with E-state index in [-0.39, 0.29) is 29.8 Å². The minimum Gasteiger partial charge on any atom is -0.481 e. The fraction of sp³-hybridized carbons (Fsp3) is 0.632. The van der Waals surface area contributed by atoms with E-state index in [4.69, 9.17) is 9.84 Å². The van der Waals surface area contributed by atoms with Crippen LogP contribution in [0.5, 0.6) is 5.75 Å². The van der Waals surface area contributed by atoms with Crippen LogP contribution in [0.4, 0.5) is 13.2 Å². The summed E-state index contributed by atoms with van der Waals surface area (Å²) in [6.45, 7) is 0.0808. The molecule has 1 aromatic rings. The molecule has 3 rings (SSSR count). The van der Waals surface area contributed by atoms with Crippen molar-refractivity contribution in [2.24, 2.45) is 5.41 Å². The van der Waals surface area contributed by atoms with Crippen LogP contribution in [0, 0.1) is 5.41 Å². The van der Waals surface area contributed by atoms with E-state index in [1.165, 1.54) is 12.1 Å². The van der Waals surface area contributed by atoms with Crippen molar-refractivity contribution < 1.29 is 32.5 Å². The Kier molecular flexibility index (Phi) is 5.19. The van der Waals surface area contributed by atoms with Crippen LogP contribution in [-0.2, 0) is 16.1 Å². The number of carboxylic acid groups (broad SMARTS) is 1. The van der Waals surface area contributed by atoms with Gasteiger partial charge in [-0.25, -0.2) is 0 Å². The van der Waals surface area contributed by atoms with Gasteiger partial charge >= 0.3 is 12.3 Å². The van der Waals surface area contributed by atoms with Crippen LogP contribution < -0.4 is 4.74 Å². The molecule has 0 saturated heterocycles. The van der Waals surface area contributed by atoms with Crippen LogP contribution in [-0.4, -0.2) is 23.0 Å². The average molecular weight is 372 g/mol. The molecule has 0 heterocycles. The minimum absolute atomic E-state index is 0.0808. The number of rotatable bonds is 8. The monoisotopic (exact) mass is 372 g/mol. The van der Waals surface area contributed by atoms with Gasteiger partial charge < -0.3 is 14.6 Å². The molecule has 2 saturated carbocycles. The van der Waals surface area contributed by atoms with Crippen LogP contribution in [0.2, 0.25) is 0 Å². The molecule has 1 aromatic carbocycles. The first-order chi connectivity index (χ1) is 12.2. The van der Waals surface area contributed by atoms with Crippen LogP contribution in [0.3, 0.4) is 0 Å². The summed E-state index contributed by atoms with van der Waals surface area (Å²) in [5.41, 5.74) is 0.223. The minimum atomic E-state index is -4.73. The Bertz CT molecular complexity index is 648. The molecule has 0 aromatic heterocycles. The second-order valence-electron chi connectivity index (χ2n) is 7.55. The van der Waals surface area contributed by atoms with Crippen molar-refractivity contribution in [3.63, 3.8) is 0 Å². The van der Waals surface area contributed by atoms with Gasteiger partial charge in [-0.3, -0.25) is 4.79 Å². The molecule has 2 bridgehead atoms. The molecule has 0 aliphatic heterocycles. The zero-order valence-corrected chi connectivity index (χ0v) is 14.5. The lowest BCUT2D eigenvalue weighted by Crippen LogP contribution is -2.26. The van der Waals surface area contributed by atoms with E-state index in [1.54, 1.807) is 12.1 Å². The van der Waals surface area contributed by atoms with Crippen LogP contribution in [0.15, 0.2) is 24.3 Å². The second kappa shape index (κ2) is 7.10. The second-order valence-corrected chi connectivity index (χ2v) is 7.55. The fourth-order valence-corrected chi connectivity index (χ4v) is 4.50. The van der Waals surface area contributed by atoms with Gasteiger partial charge in [-0.1, -0.05) is 18.2 Å². The number of alkyl halides is 3. The number of hydrogen-bond acceptors (Lipinski definition) is 3. The number of aliphatic carboxylic acids is 1. The molecule has 7 heteroatoms. The highest BCUT2D eigenvalue weighted by Crippen LogP contribution is 2.60. The van der Waals surface area contributed by atoms with E-state index in [0.717, 1.165) is 38.5 Å². The van der Waals surface area contributed by atoms with Crippen molar-refractivity contribution in [3.8, 4) is 5.75 Å². The van der Waals surface area contributed by atoms with Crippen molar-refractivity contribution in [1.82, 2.24) is 0 Å². The highest BCUT2D eigenvalue weighted by atomic mass is 19.4. The molecule has 1 N–H and O–H groups in total. The topological polar surface area (TPSA) is 55.8 Å². The summed E-state index contributed by atoms with van der Waals surface area (Å²) in [5, 5.41) is 8.81. The van der Waals surface area contributed by atoms with E-state index in [2.05, 4.69) is 4.74 Å². The van der Waals surface area contributed by atoms with E-state index in [0.29, 0.717) is 12.0 Å². The molecule has 0 spiro atoms. The molecular weight excluding hydrogens is 349 g/mol. The Morgan fingerprint density at radius 2 is 1.85 bits per heavy atom. The number of halogens is 3. The Morgan fingerprint density at radius 3 is 2.50 bits per heavy atom. The molecule has 2 fully saturated rings. The lowest BCUT2D eigenvalue weighted by atomic mass is 9.80. The Balaban J connectivity index is 1.59. The first kappa shape index (κ1) is 19.0. The van der Waals surface area contributed by atoms with E-state index >= 15 is 0 Å². The van der Waals surface area contributed by atoms with Gasteiger partial charge in [0, 0.05) is 12.0 Å². The summed E-state index contributed by atoms with van der Waals surface area (Å²) in [6.07, 6.45) is 1.59. The summed E-state index contributed by atoms with van der Waals surface area (Å²) < 4.78 is 47.8. The third-order valence-corrected chi connectivity index (χ3v) is 5.75. The molecule has 2 aliphatic rings. The number of hydrogen-bond donors (Lipinski definition) is 1. The van der Waals surface area contributed by atoms with Gasteiger partial charge in [0.2, 0.25) is 0 Å². The third-order valence-electron chi connectivity index (χ3n) is 5.75. The lowest BCUT2D eigenvalue weighted by Gasteiger charge is -2.28. The maximum absolute atomic E-state index is 12.5. The van der Waals surface area contributed by atoms with Crippen molar-refractivity contribution in [1.29, 1.82) is 0 Å². The highest BCUT2D eigenvalue weighted by molar-refractivity contribution is 5.66. The molecule has 0 unspecified atom stereocenters. The number of carbonyl (C=O) groups is 1. The van der Waals surface area contributed by atoms with Gasteiger partial charge in [0.25, 0.3) is 0 Å².